The molecule has 0 radical (unpaired) electrons. The van der Waals surface area contributed by atoms with Crippen LogP contribution in [0.2, 0.25) is 0 Å². The summed E-state index contributed by atoms with van der Waals surface area (Å²) in [6, 6.07) is 15.8. The van der Waals surface area contributed by atoms with E-state index >= 15 is 0 Å². The summed E-state index contributed by atoms with van der Waals surface area (Å²) in [6.45, 7) is 5.14. The van der Waals surface area contributed by atoms with Gasteiger partial charge in [-0.25, -0.2) is 4.79 Å². The number of benzene rings is 2. The minimum Gasteiger partial charge on any atom is -0.497 e. The number of aryl methyl sites for hydroxylation is 1. The molecule has 0 saturated carbocycles. The molecule has 1 fully saturated rings. The number of carbonyl (C=O) groups excluding carboxylic acids is 1. The molecule has 9 nitrogen and oxygen atoms in total. The summed E-state index contributed by atoms with van der Waals surface area (Å²) in [5.74, 6) is 0.0799. The number of amides is 1. The first-order chi connectivity index (χ1) is 18.4. The molecule has 1 amide bonds. The number of hydrogen-bond acceptors (Lipinski definition) is 6. The van der Waals surface area contributed by atoms with E-state index in [1.807, 2.05) is 60.4 Å². The zero-order valence-electron chi connectivity index (χ0n) is 21.9. The molecule has 208 valence electrons. The number of hydrogen-bond donors (Lipinski definition) is 1. The minimum absolute atomic E-state index is 0.121. The lowest BCUT2D eigenvalue weighted by molar-refractivity contribution is -0.192. The maximum Gasteiger partial charge on any atom is 0.490 e. The Morgan fingerprint density at radius 3 is 2.21 bits per heavy atom. The fraction of sp³-hybridized carbons (Fsp3) is 0.407. The van der Waals surface area contributed by atoms with Crippen molar-refractivity contribution in [1.82, 2.24) is 24.6 Å². The smallest absolute Gasteiger partial charge is 0.490 e. The normalized spacial score (nSPS) is 16.7. The molecule has 0 bridgehead atoms. The van der Waals surface area contributed by atoms with Crippen LogP contribution in [0.1, 0.15) is 34.6 Å². The molecule has 2 aromatic carbocycles. The summed E-state index contributed by atoms with van der Waals surface area (Å²) in [7, 11) is 3.81. The Bertz CT molecular complexity index is 1330. The van der Waals surface area contributed by atoms with Gasteiger partial charge in [0.2, 0.25) is 0 Å². The molecule has 1 spiro atoms. The van der Waals surface area contributed by atoms with Gasteiger partial charge >= 0.3 is 12.1 Å². The number of halogens is 3. The quantitative estimate of drug-likeness (QED) is 0.532. The number of carboxylic acid groups (broad SMARTS) is 1. The van der Waals surface area contributed by atoms with Crippen molar-refractivity contribution < 1.29 is 32.6 Å². The number of aliphatic carboxylic acids is 1. The molecule has 2 aliphatic rings. The van der Waals surface area contributed by atoms with Gasteiger partial charge in [-0.2, -0.15) is 13.2 Å². The summed E-state index contributed by atoms with van der Waals surface area (Å²) >= 11 is 0. The van der Waals surface area contributed by atoms with E-state index in [1.165, 1.54) is 0 Å². The molecule has 1 saturated heterocycles. The number of aromatic nitrogens is 3. The van der Waals surface area contributed by atoms with E-state index < -0.39 is 12.1 Å². The lowest BCUT2D eigenvalue weighted by Gasteiger charge is -2.48. The van der Waals surface area contributed by atoms with Crippen LogP contribution < -0.4 is 4.74 Å². The van der Waals surface area contributed by atoms with Crippen molar-refractivity contribution in [2.75, 3.05) is 33.8 Å². The highest BCUT2D eigenvalue weighted by molar-refractivity contribution is 5.95. The van der Waals surface area contributed by atoms with E-state index in [2.05, 4.69) is 26.7 Å². The molecular weight excluding hydrogens is 515 g/mol. The molecule has 3 aromatic rings. The van der Waals surface area contributed by atoms with Crippen molar-refractivity contribution in [2.45, 2.75) is 38.0 Å². The number of alkyl halides is 3. The molecule has 2 aliphatic heterocycles. The molecule has 0 unspecified atom stereocenters. The SMILES string of the molecule is COc1ccc(-c2nnc3n2C2(CCN(C(=O)c4ccccc4C)CC2)CN(C)C3)cc1.O=C(O)C(F)(F)F. The Morgan fingerprint density at radius 1 is 1.03 bits per heavy atom. The van der Waals surface area contributed by atoms with Crippen LogP contribution in [0.4, 0.5) is 13.2 Å². The molecule has 1 aromatic heterocycles. The molecule has 0 aliphatic carbocycles. The van der Waals surface area contributed by atoms with Gasteiger partial charge in [0.15, 0.2) is 5.82 Å². The van der Waals surface area contributed by atoms with Crippen LogP contribution in [0.25, 0.3) is 11.4 Å². The van der Waals surface area contributed by atoms with Crippen molar-refractivity contribution in [3.8, 4) is 17.1 Å². The van der Waals surface area contributed by atoms with Gasteiger partial charge in [0.25, 0.3) is 5.91 Å². The monoisotopic (exact) mass is 545 g/mol. The number of carboxylic acids is 1. The topological polar surface area (TPSA) is 101 Å². The van der Waals surface area contributed by atoms with E-state index in [9.17, 15) is 18.0 Å². The van der Waals surface area contributed by atoms with Gasteiger partial charge in [0.1, 0.15) is 11.6 Å². The van der Waals surface area contributed by atoms with E-state index in [-0.39, 0.29) is 11.4 Å². The number of likely N-dealkylation sites (N-methyl/N-ethyl adjacent to an activating group) is 1. The molecule has 39 heavy (non-hydrogen) atoms. The van der Waals surface area contributed by atoms with Crippen LogP contribution in [0.5, 0.6) is 5.75 Å². The first-order valence-corrected chi connectivity index (χ1v) is 12.4. The van der Waals surface area contributed by atoms with Gasteiger partial charge in [0.05, 0.1) is 19.2 Å². The predicted octanol–water partition coefficient (Wildman–Crippen LogP) is 3.97. The molecular formula is C27H30F3N5O4. The van der Waals surface area contributed by atoms with Crippen LogP contribution in [-0.2, 0) is 16.9 Å². The molecule has 12 heteroatoms. The number of methoxy groups -OCH3 is 1. The second-order valence-electron chi connectivity index (χ2n) is 9.81. The number of nitrogens with zero attached hydrogens (tertiary/aromatic N) is 5. The Labute approximate surface area is 223 Å². The standard InChI is InChI=1S/C25H29N5O2.C2HF3O2/c1-18-6-4-5-7-21(18)24(31)29-14-12-25(13-15-29)17-28(2)16-22-26-27-23(30(22)25)19-8-10-20(32-3)11-9-19;3-2(4,5)1(6)7/h4-11H,12-17H2,1-3H3;(H,6,7). The van der Waals surface area contributed by atoms with E-state index in [1.54, 1.807) is 7.11 Å². The fourth-order valence-corrected chi connectivity index (χ4v) is 5.21. The maximum absolute atomic E-state index is 13.2. The number of piperidine rings is 1. The van der Waals surface area contributed by atoms with E-state index in [0.29, 0.717) is 0 Å². The number of carbonyl (C=O) groups is 2. The van der Waals surface area contributed by atoms with Gasteiger partial charge in [-0.3, -0.25) is 9.69 Å². The lowest BCUT2D eigenvalue weighted by atomic mass is 9.84. The molecule has 3 heterocycles. The van der Waals surface area contributed by atoms with Crippen LogP contribution in [0.3, 0.4) is 0 Å². The first kappa shape index (κ1) is 28.1. The largest absolute Gasteiger partial charge is 0.497 e. The third-order valence-electron chi connectivity index (χ3n) is 7.13. The Morgan fingerprint density at radius 2 is 1.64 bits per heavy atom. The van der Waals surface area contributed by atoms with Crippen molar-refractivity contribution in [1.29, 1.82) is 0 Å². The average molecular weight is 546 g/mol. The summed E-state index contributed by atoms with van der Waals surface area (Å²) in [6.07, 6.45) is -3.33. The zero-order chi connectivity index (χ0) is 28.4. The van der Waals surface area contributed by atoms with Crippen LogP contribution >= 0.6 is 0 Å². The van der Waals surface area contributed by atoms with Gasteiger partial charge in [-0.05, 0) is 62.7 Å². The zero-order valence-corrected chi connectivity index (χ0v) is 21.9. The van der Waals surface area contributed by atoms with Gasteiger partial charge in [-0.1, -0.05) is 18.2 Å². The fourth-order valence-electron chi connectivity index (χ4n) is 5.21. The van der Waals surface area contributed by atoms with Crippen molar-refractivity contribution in [2.24, 2.45) is 0 Å². The Balaban J connectivity index is 0.000000448. The minimum atomic E-state index is -5.08. The van der Waals surface area contributed by atoms with Gasteiger partial charge in [-0.15, -0.1) is 10.2 Å². The van der Waals surface area contributed by atoms with Crippen molar-refractivity contribution in [3.63, 3.8) is 0 Å². The second kappa shape index (κ2) is 11.0. The number of rotatable bonds is 3. The third kappa shape index (κ3) is 5.90. The van der Waals surface area contributed by atoms with E-state index in [4.69, 9.17) is 14.6 Å². The molecule has 1 N–H and O–H groups in total. The number of fused-ring (bicyclic) bond motifs is 2. The van der Waals surface area contributed by atoms with Crippen LogP contribution in [0.15, 0.2) is 48.5 Å². The highest BCUT2D eigenvalue weighted by Gasteiger charge is 2.44. The van der Waals surface area contributed by atoms with Crippen molar-refractivity contribution >= 4 is 11.9 Å². The maximum atomic E-state index is 13.2. The Kier molecular flexibility index (Phi) is 7.96. The van der Waals surface area contributed by atoms with Crippen molar-refractivity contribution in [3.05, 3.63) is 65.5 Å². The van der Waals surface area contributed by atoms with Crippen LogP contribution in [-0.4, -0.2) is 81.5 Å². The highest BCUT2D eigenvalue weighted by atomic mass is 19.4. The first-order valence-electron chi connectivity index (χ1n) is 12.4. The Hall–Kier alpha value is -3.93. The van der Waals surface area contributed by atoms with Crippen LogP contribution in [0, 0.1) is 6.92 Å². The second-order valence-corrected chi connectivity index (χ2v) is 9.81. The third-order valence-corrected chi connectivity index (χ3v) is 7.13. The summed E-state index contributed by atoms with van der Waals surface area (Å²) in [5, 5.41) is 16.3. The summed E-state index contributed by atoms with van der Waals surface area (Å²) in [5.41, 5.74) is 2.74. The van der Waals surface area contributed by atoms with Gasteiger partial charge in [0, 0.05) is 30.8 Å². The summed E-state index contributed by atoms with van der Waals surface area (Å²) < 4.78 is 39.4. The molecule has 5 rings (SSSR count). The average Bonchev–Trinajstić information content (AvgIpc) is 3.33. The lowest BCUT2D eigenvalue weighted by Crippen LogP contribution is -2.56. The predicted molar refractivity (Wildman–Crippen MR) is 136 cm³/mol. The number of ether oxygens (including phenoxy) is 1. The van der Waals surface area contributed by atoms with E-state index in [0.717, 1.165) is 73.1 Å². The summed E-state index contributed by atoms with van der Waals surface area (Å²) in [4.78, 5) is 26.4. The van der Waals surface area contributed by atoms with Gasteiger partial charge < -0.3 is 19.3 Å². The number of likely N-dealkylation sites (tertiary alicyclic amines) is 1. The molecule has 0 atom stereocenters. The highest BCUT2D eigenvalue weighted by Crippen LogP contribution is 2.39.